The van der Waals surface area contributed by atoms with Crippen molar-refractivity contribution in [2.24, 2.45) is 5.14 Å². The van der Waals surface area contributed by atoms with E-state index >= 15 is 0 Å². The van der Waals surface area contributed by atoms with Crippen LogP contribution in [0.4, 0.5) is 10.1 Å². The summed E-state index contributed by atoms with van der Waals surface area (Å²) in [7, 11) is -2.32. The third-order valence-electron chi connectivity index (χ3n) is 3.37. The van der Waals surface area contributed by atoms with Crippen LogP contribution in [-0.2, 0) is 19.5 Å². The van der Waals surface area contributed by atoms with Gasteiger partial charge in [0, 0.05) is 26.7 Å². The number of nitrogens with one attached hydrogen (secondary N) is 1. The van der Waals surface area contributed by atoms with Gasteiger partial charge in [0.05, 0.1) is 17.2 Å². The molecule has 0 bridgehead atoms. The summed E-state index contributed by atoms with van der Waals surface area (Å²) >= 11 is 0. The summed E-state index contributed by atoms with van der Waals surface area (Å²) in [6, 6.07) is 3.49. The first kappa shape index (κ1) is 15.2. The van der Waals surface area contributed by atoms with Gasteiger partial charge in [0.15, 0.2) is 0 Å². The van der Waals surface area contributed by atoms with Crippen LogP contribution >= 0.6 is 0 Å². The average molecular weight is 304 g/mol. The monoisotopic (exact) mass is 304 g/mol. The minimum atomic E-state index is -3.90. The molecule has 8 heteroatoms. The summed E-state index contributed by atoms with van der Waals surface area (Å²) in [6.07, 6.45) is 0.716. The lowest BCUT2D eigenvalue weighted by Crippen LogP contribution is -2.39. The molecule has 0 aliphatic carbocycles. The third kappa shape index (κ3) is 3.26. The minimum Gasteiger partial charge on any atom is -0.380 e. The van der Waals surface area contributed by atoms with Crippen molar-refractivity contribution >= 4 is 15.7 Å². The molecule has 20 heavy (non-hydrogen) atoms. The Morgan fingerprint density at radius 2 is 2.30 bits per heavy atom. The number of rotatable bonds is 5. The largest absolute Gasteiger partial charge is 0.380 e. The van der Waals surface area contributed by atoms with Crippen molar-refractivity contribution in [2.75, 3.05) is 32.2 Å². The highest BCUT2D eigenvalue weighted by atomic mass is 32.2. The summed E-state index contributed by atoms with van der Waals surface area (Å²) in [5.74, 6) is -0.679. The molecule has 1 atom stereocenters. The smallest absolute Gasteiger partial charge is 0.238 e. The van der Waals surface area contributed by atoms with Crippen LogP contribution in [0.3, 0.4) is 0 Å². The Labute approximate surface area is 117 Å². The molecule has 0 amide bonds. The van der Waals surface area contributed by atoms with E-state index in [0.29, 0.717) is 26.2 Å². The predicted octanol–water partition coefficient (Wildman–Crippen LogP) is 0.691. The van der Waals surface area contributed by atoms with Crippen LogP contribution in [0, 0.1) is 5.82 Å². The lowest BCUT2D eigenvalue weighted by atomic mass is 10.0. The van der Waals surface area contributed by atoms with E-state index in [0.717, 1.165) is 6.07 Å². The molecule has 1 heterocycles. The van der Waals surface area contributed by atoms with Gasteiger partial charge < -0.3 is 14.8 Å². The number of benzene rings is 1. The van der Waals surface area contributed by atoms with E-state index in [-0.39, 0.29) is 10.6 Å². The predicted molar refractivity (Wildman–Crippen MR) is 71.4 cm³/mol. The summed E-state index contributed by atoms with van der Waals surface area (Å²) < 4.78 is 46.8. The van der Waals surface area contributed by atoms with Crippen molar-refractivity contribution in [3.8, 4) is 0 Å². The van der Waals surface area contributed by atoms with Crippen molar-refractivity contribution < 1.29 is 22.3 Å². The summed E-state index contributed by atoms with van der Waals surface area (Å²) in [5, 5.41) is 7.85. The molecule has 0 saturated carbocycles. The number of primary sulfonamides is 1. The molecule has 0 radical (unpaired) electrons. The molecule has 1 aliphatic heterocycles. The highest BCUT2D eigenvalue weighted by Gasteiger charge is 2.34. The lowest BCUT2D eigenvalue weighted by Gasteiger charge is -2.26. The van der Waals surface area contributed by atoms with Crippen LogP contribution in [-0.4, -0.2) is 40.9 Å². The van der Waals surface area contributed by atoms with E-state index in [1.165, 1.54) is 12.1 Å². The van der Waals surface area contributed by atoms with Crippen molar-refractivity contribution in [3.63, 3.8) is 0 Å². The Morgan fingerprint density at radius 3 is 2.80 bits per heavy atom. The molecular formula is C12H17FN2O4S. The highest BCUT2D eigenvalue weighted by molar-refractivity contribution is 7.89. The van der Waals surface area contributed by atoms with Crippen LogP contribution in [0.2, 0.25) is 0 Å². The van der Waals surface area contributed by atoms with Crippen LogP contribution in [0.15, 0.2) is 23.1 Å². The summed E-state index contributed by atoms with van der Waals surface area (Å²) in [4.78, 5) is -0.258. The number of sulfonamides is 1. The topological polar surface area (TPSA) is 90.6 Å². The van der Waals surface area contributed by atoms with Gasteiger partial charge in [-0.25, -0.2) is 17.9 Å². The number of hydrogen-bond acceptors (Lipinski definition) is 5. The standard InChI is InChI=1S/C12H17FN2O4S/c1-18-12(4-5-19-8-12)7-15-11-3-2-9(6-10(11)13)20(14,16)17/h2-3,6,15H,4-5,7-8H2,1H3,(H2,14,16,17). The molecule has 2 rings (SSSR count). The van der Waals surface area contributed by atoms with E-state index in [1.807, 2.05) is 0 Å². The van der Waals surface area contributed by atoms with Gasteiger partial charge >= 0.3 is 0 Å². The molecule has 0 aromatic heterocycles. The second-order valence-corrected chi connectivity index (χ2v) is 6.29. The van der Waals surface area contributed by atoms with E-state index < -0.39 is 21.4 Å². The van der Waals surface area contributed by atoms with E-state index in [9.17, 15) is 12.8 Å². The molecule has 1 aromatic rings. The van der Waals surface area contributed by atoms with Crippen molar-refractivity contribution in [1.29, 1.82) is 0 Å². The van der Waals surface area contributed by atoms with E-state index in [2.05, 4.69) is 5.32 Å². The Hall–Kier alpha value is -1.22. The maximum Gasteiger partial charge on any atom is 0.238 e. The second-order valence-electron chi connectivity index (χ2n) is 4.73. The molecule has 112 valence electrons. The summed E-state index contributed by atoms with van der Waals surface area (Å²) in [5.41, 5.74) is -0.286. The van der Waals surface area contributed by atoms with Gasteiger partial charge in [0.25, 0.3) is 0 Å². The van der Waals surface area contributed by atoms with Gasteiger partial charge in [-0.05, 0) is 18.2 Å². The molecular weight excluding hydrogens is 287 g/mol. The SMILES string of the molecule is COC1(CNc2ccc(S(N)(=O)=O)cc2F)CCOC1. The van der Waals surface area contributed by atoms with Crippen LogP contribution < -0.4 is 10.5 Å². The number of nitrogens with two attached hydrogens (primary N) is 1. The van der Waals surface area contributed by atoms with Crippen LogP contribution in [0.25, 0.3) is 0 Å². The van der Waals surface area contributed by atoms with Crippen LogP contribution in [0.5, 0.6) is 0 Å². The molecule has 1 saturated heterocycles. The molecule has 3 N–H and O–H groups in total. The summed E-state index contributed by atoms with van der Waals surface area (Å²) in [6.45, 7) is 1.41. The molecule has 1 aliphatic rings. The van der Waals surface area contributed by atoms with Crippen molar-refractivity contribution in [1.82, 2.24) is 0 Å². The zero-order valence-electron chi connectivity index (χ0n) is 11.1. The van der Waals surface area contributed by atoms with Crippen molar-refractivity contribution in [3.05, 3.63) is 24.0 Å². The van der Waals surface area contributed by atoms with E-state index in [4.69, 9.17) is 14.6 Å². The number of hydrogen-bond donors (Lipinski definition) is 2. The fourth-order valence-corrected chi connectivity index (χ4v) is 2.56. The van der Waals surface area contributed by atoms with Gasteiger partial charge in [-0.3, -0.25) is 0 Å². The van der Waals surface area contributed by atoms with Gasteiger partial charge in [-0.2, -0.15) is 0 Å². The molecule has 1 fully saturated rings. The number of methoxy groups -OCH3 is 1. The lowest BCUT2D eigenvalue weighted by molar-refractivity contribution is -0.00623. The Kier molecular flexibility index (Phi) is 4.28. The van der Waals surface area contributed by atoms with Crippen LogP contribution in [0.1, 0.15) is 6.42 Å². The highest BCUT2D eigenvalue weighted by Crippen LogP contribution is 2.24. The molecule has 1 aromatic carbocycles. The number of anilines is 1. The van der Waals surface area contributed by atoms with Gasteiger partial charge in [0.2, 0.25) is 10.0 Å². The Bertz CT molecular complexity index is 585. The zero-order chi connectivity index (χ0) is 14.8. The number of halogens is 1. The minimum absolute atomic E-state index is 0.195. The fraction of sp³-hybridized carbons (Fsp3) is 0.500. The first-order valence-corrected chi connectivity index (χ1v) is 7.60. The number of ether oxygens (including phenoxy) is 2. The Morgan fingerprint density at radius 1 is 1.55 bits per heavy atom. The molecule has 0 spiro atoms. The first-order valence-electron chi connectivity index (χ1n) is 6.05. The molecule has 1 unspecified atom stereocenters. The third-order valence-corrected chi connectivity index (χ3v) is 4.28. The fourth-order valence-electron chi connectivity index (χ4n) is 2.03. The van der Waals surface area contributed by atoms with E-state index in [1.54, 1.807) is 7.11 Å². The molecule has 6 nitrogen and oxygen atoms in total. The van der Waals surface area contributed by atoms with Gasteiger partial charge in [0.1, 0.15) is 11.4 Å². The average Bonchev–Trinajstić information content (AvgIpc) is 2.85. The maximum atomic E-state index is 13.8. The zero-order valence-corrected chi connectivity index (χ0v) is 11.9. The quantitative estimate of drug-likeness (QED) is 0.835. The first-order chi connectivity index (χ1) is 9.36. The second kappa shape index (κ2) is 5.65. The Balaban J connectivity index is 2.11. The van der Waals surface area contributed by atoms with Crippen molar-refractivity contribution in [2.45, 2.75) is 16.9 Å². The van der Waals surface area contributed by atoms with Gasteiger partial charge in [-0.15, -0.1) is 0 Å². The van der Waals surface area contributed by atoms with Gasteiger partial charge in [-0.1, -0.05) is 0 Å². The normalized spacial score (nSPS) is 22.9. The maximum absolute atomic E-state index is 13.8.